The second kappa shape index (κ2) is 5.20. The molecule has 0 spiro atoms. The zero-order valence-corrected chi connectivity index (χ0v) is 10.7. The number of urea groups is 1. The summed E-state index contributed by atoms with van der Waals surface area (Å²) in [6.07, 6.45) is 4.95. The predicted molar refractivity (Wildman–Crippen MR) is 67.6 cm³/mol. The third-order valence-corrected chi connectivity index (χ3v) is 3.33. The molecular weight excluding hydrogens is 232 g/mol. The predicted octanol–water partition coefficient (Wildman–Crippen LogP) is 1.80. The lowest BCUT2D eigenvalue weighted by Crippen LogP contribution is -2.41. The van der Waals surface area contributed by atoms with Crippen LogP contribution in [-0.2, 0) is 0 Å². The van der Waals surface area contributed by atoms with E-state index in [-0.39, 0.29) is 11.4 Å². The van der Waals surface area contributed by atoms with Gasteiger partial charge in [-0.15, -0.1) is 0 Å². The minimum atomic E-state index is -0.246. The molecule has 2 amide bonds. The Morgan fingerprint density at radius 2 is 2.28 bits per heavy atom. The summed E-state index contributed by atoms with van der Waals surface area (Å²) in [6, 6.07) is 1.33. The summed E-state index contributed by atoms with van der Waals surface area (Å²) in [5, 5.41) is 5.52. The number of hydrogen-bond donors (Lipinski definition) is 2. The Bertz CT molecular complexity index is 432. The minimum absolute atomic E-state index is 0.246. The first-order valence-electron chi connectivity index (χ1n) is 6.02. The lowest BCUT2D eigenvalue weighted by Gasteiger charge is -2.38. The topological polar surface area (TPSA) is 76.1 Å². The maximum Gasteiger partial charge on any atom is 0.320 e. The van der Waals surface area contributed by atoms with E-state index in [0.717, 1.165) is 0 Å². The van der Waals surface area contributed by atoms with E-state index in [2.05, 4.69) is 27.5 Å². The molecule has 1 fully saturated rings. The van der Waals surface area contributed by atoms with Crippen molar-refractivity contribution < 1.29 is 9.53 Å². The molecule has 1 aromatic rings. The van der Waals surface area contributed by atoms with Gasteiger partial charge in [0.25, 0.3) is 0 Å². The zero-order chi connectivity index (χ0) is 13.0. The monoisotopic (exact) mass is 250 g/mol. The van der Waals surface area contributed by atoms with Gasteiger partial charge in [-0.2, -0.15) is 0 Å². The molecule has 2 rings (SSSR count). The van der Waals surface area contributed by atoms with Crippen molar-refractivity contribution in [3.63, 3.8) is 0 Å². The van der Waals surface area contributed by atoms with Gasteiger partial charge in [0.05, 0.1) is 7.11 Å². The third-order valence-electron chi connectivity index (χ3n) is 3.33. The Hall–Kier alpha value is -1.85. The molecule has 1 saturated carbocycles. The number of methoxy groups -OCH3 is 1. The van der Waals surface area contributed by atoms with E-state index in [9.17, 15) is 4.79 Å². The first-order valence-corrected chi connectivity index (χ1v) is 6.02. The molecule has 0 bridgehead atoms. The summed E-state index contributed by atoms with van der Waals surface area (Å²) >= 11 is 0. The highest BCUT2D eigenvalue weighted by atomic mass is 16.5. The van der Waals surface area contributed by atoms with Crippen LogP contribution in [0.15, 0.2) is 12.4 Å². The molecule has 0 radical (unpaired) electrons. The van der Waals surface area contributed by atoms with E-state index in [1.54, 1.807) is 6.07 Å². The fraction of sp³-hybridized carbons (Fsp3) is 0.583. The van der Waals surface area contributed by atoms with Gasteiger partial charge in [0.1, 0.15) is 12.1 Å². The highest BCUT2D eigenvalue weighted by Crippen LogP contribution is 2.39. The molecule has 2 N–H and O–H groups in total. The van der Waals surface area contributed by atoms with Crippen molar-refractivity contribution in [1.29, 1.82) is 0 Å². The van der Waals surface area contributed by atoms with E-state index < -0.39 is 0 Å². The molecule has 0 aliphatic heterocycles. The molecule has 1 aromatic heterocycles. The number of aromatic nitrogens is 2. The number of nitrogens with zero attached hydrogens (tertiary/aromatic N) is 2. The van der Waals surface area contributed by atoms with Crippen molar-refractivity contribution in [1.82, 2.24) is 15.3 Å². The molecule has 1 heterocycles. The minimum Gasteiger partial charge on any atom is -0.481 e. The van der Waals surface area contributed by atoms with Gasteiger partial charge in [-0.1, -0.05) is 13.3 Å². The molecule has 0 aromatic carbocycles. The second-order valence-electron chi connectivity index (χ2n) is 4.92. The van der Waals surface area contributed by atoms with Crippen LogP contribution in [0.2, 0.25) is 0 Å². The van der Waals surface area contributed by atoms with Crippen molar-refractivity contribution in [2.24, 2.45) is 5.41 Å². The van der Waals surface area contributed by atoms with Gasteiger partial charge in [-0.25, -0.2) is 14.8 Å². The molecule has 18 heavy (non-hydrogen) atoms. The number of anilines is 1. The largest absolute Gasteiger partial charge is 0.481 e. The summed E-state index contributed by atoms with van der Waals surface area (Å²) in [4.78, 5) is 19.5. The smallest absolute Gasteiger partial charge is 0.320 e. The molecule has 1 aliphatic rings. The maximum atomic E-state index is 11.7. The SMILES string of the molecule is COc1cc(NC(=O)NCC2(C)CCC2)ncn1. The van der Waals surface area contributed by atoms with Crippen LogP contribution in [0, 0.1) is 5.41 Å². The number of nitrogens with one attached hydrogen (secondary N) is 2. The average Bonchev–Trinajstić information content (AvgIpc) is 2.34. The van der Waals surface area contributed by atoms with E-state index in [1.807, 2.05) is 0 Å². The van der Waals surface area contributed by atoms with Crippen LogP contribution >= 0.6 is 0 Å². The molecule has 0 atom stereocenters. The Morgan fingerprint density at radius 3 is 2.89 bits per heavy atom. The normalized spacial score (nSPS) is 16.6. The first kappa shape index (κ1) is 12.6. The number of carbonyl (C=O) groups excluding carboxylic acids is 1. The molecule has 98 valence electrons. The van der Waals surface area contributed by atoms with Crippen molar-refractivity contribution in [3.8, 4) is 5.88 Å². The molecule has 6 nitrogen and oxygen atoms in total. The number of rotatable bonds is 4. The van der Waals surface area contributed by atoms with Gasteiger partial charge < -0.3 is 10.1 Å². The summed E-state index contributed by atoms with van der Waals surface area (Å²) < 4.78 is 4.95. The number of ether oxygens (including phenoxy) is 1. The van der Waals surface area contributed by atoms with E-state index in [4.69, 9.17) is 4.74 Å². The summed E-state index contributed by atoms with van der Waals surface area (Å²) in [7, 11) is 1.52. The Kier molecular flexibility index (Phi) is 3.64. The first-order chi connectivity index (χ1) is 8.61. The lowest BCUT2D eigenvalue weighted by atomic mass is 9.70. The quantitative estimate of drug-likeness (QED) is 0.854. The Balaban J connectivity index is 1.82. The lowest BCUT2D eigenvalue weighted by molar-refractivity contribution is 0.159. The van der Waals surface area contributed by atoms with Crippen molar-refractivity contribution in [2.45, 2.75) is 26.2 Å². The Morgan fingerprint density at radius 1 is 1.50 bits per heavy atom. The highest BCUT2D eigenvalue weighted by Gasteiger charge is 2.31. The van der Waals surface area contributed by atoms with Gasteiger partial charge in [-0.3, -0.25) is 5.32 Å². The Labute approximate surface area is 106 Å². The number of hydrogen-bond acceptors (Lipinski definition) is 4. The van der Waals surface area contributed by atoms with E-state index >= 15 is 0 Å². The van der Waals surface area contributed by atoms with E-state index in [1.165, 1.54) is 32.7 Å². The molecule has 0 saturated heterocycles. The van der Waals surface area contributed by atoms with Crippen molar-refractivity contribution in [2.75, 3.05) is 19.0 Å². The molecular formula is C12H18N4O2. The standard InChI is InChI=1S/C12H18N4O2/c1-12(4-3-5-12)7-13-11(17)16-9-6-10(18-2)15-8-14-9/h6,8H,3-5,7H2,1-2H3,(H2,13,14,15,16,17). The third kappa shape index (κ3) is 3.09. The van der Waals surface area contributed by atoms with Crippen LogP contribution in [-0.4, -0.2) is 29.7 Å². The van der Waals surface area contributed by atoms with Crippen LogP contribution in [0.1, 0.15) is 26.2 Å². The van der Waals surface area contributed by atoms with Crippen LogP contribution in [0.25, 0.3) is 0 Å². The van der Waals surface area contributed by atoms with Crippen LogP contribution in [0.3, 0.4) is 0 Å². The fourth-order valence-electron chi connectivity index (χ4n) is 1.93. The number of amides is 2. The summed E-state index contributed by atoms with van der Waals surface area (Å²) in [5.41, 5.74) is 0.265. The molecule has 0 unspecified atom stereocenters. The maximum absolute atomic E-state index is 11.7. The summed E-state index contributed by atoms with van der Waals surface area (Å²) in [5.74, 6) is 0.851. The summed E-state index contributed by atoms with van der Waals surface area (Å²) in [6.45, 7) is 2.88. The number of carbonyl (C=O) groups is 1. The van der Waals surface area contributed by atoms with Crippen molar-refractivity contribution in [3.05, 3.63) is 12.4 Å². The van der Waals surface area contributed by atoms with Gasteiger partial charge in [-0.05, 0) is 18.3 Å². The molecule has 1 aliphatic carbocycles. The van der Waals surface area contributed by atoms with Crippen molar-refractivity contribution >= 4 is 11.8 Å². The van der Waals surface area contributed by atoms with Gasteiger partial charge >= 0.3 is 6.03 Å². The fourth-order valence-corrected chi connectivity index (χ4v) is 1.93. The van der Waals surface area contributed by atoms with E-state index in [0.29, 0.717) is 18.2 Å². The van der Waals surface area contributed by atoms with Gasteiger partial charge in [0, 0.05) is 12.6 Å². The second-order valence-corrected chi connectivity index (χ2v) is 4.92. The molecule has 6 heteroatoms. The van der Waals surface area contributed by atoms with Crippen LogP contribution in [0.4, 0.5) is 10.6 Å². The highest BCUT2D eigenvalue weighted by molar-refractivity contribution is 5.88. The van der Waals surface area contributed by atoms with Crippen LogP contribution < -0.4 is 15.4 Å². The van der Waals surface area contributed by atoms with Gasteiger partial charge in [0.2, 0.25) is 5.88 Å². The zero-order valence-electron chi connectivity index (χ0n) is 10.7. The van der Waals surface area contributed by atoms with Crippen LogP contribution in [0.5, 0.6) is 5.88 Å². The average molecular weight is 250 g/mol. The van der Waals surface area contributed by atoms with Gasteiger partial charge in [0.15, 0.2) is 0 Å².